The van der Waals surface area contributed by atoms with E-state index in [0.29, 0.717) is 22.7 Å². The van der Waals surface area contributed by atoms with Gasteiger partial charge in [-0.1, -0.05) is 6.07 Å². The molecule has 0 aliphatic rings. The molecule has 0 bridgehead atoms. The average Bonchev–Trinajstić information content (AvgIpc) is 2.73. The SMILES string of the molecule is COc1ccc(-c2ccc3ncc(-c4cnc(N)c(S(N)=O)c4)nc3c2)cn1.O. The van der Waals surface area contributed by atoms with Gasteiger partial charge >= 0.3 is 0 Å². The van der Waals surface area contributed by atoms with Crippen LogP contribution < -0.4 is 15.6 Å². The van der Waals surface area contributed by atoms with Crippen LogP contribution in [0.1, 0.15) is 0 Å². The highest BCUT2D eigenvalue weighted by Gasteiger charge is 2.11. The Kier molecular flexibility index (Phi) is 5.78. The van der Waals surface area contributed by atoms with Crippen molar-refractivity contribution < 1.29 is 14.4 Å². The maximum atomic E-state index is 11.6. The van der Waals surface area contributed by atoms with Gasteiger partial charge in [-0.15, -0.1) is 0 Å². The minimum absolute atomic E-state index is 0. The van der Waals surface area contributed by atoms with Crippen LogP contribution in [0, 0.1) is 0 Å². The summed E-state index contributed by atoms with van der Waals surface area (Å²) in [7, 11) is -0.160. The van der Waals surface area contributed by atoms with Gasteiger partial charge in [0.1, 0.15) is 16.8 Å². The standard InChI is InChI=1S/C19H16N6O2S.H2O/c1-27-18-5-3-12(8-23-18)11-2-4-14-15(6-11)25-16(10-22-14)13-7-17(28(21)26)19(20)24-9-13;/h2-10H,21H2,1H3,(H2,20,24);1H2. The Balaban J connectivity index is 0.00000240. The third-order valence-corrected chi connectivity index (χ3v) is 4.98. The fraction of sp³-hybridized carbons (Fsp3) is 0.0526. The molecule has 0 saturated heterocycles. The minimum atomic E-state index is -1.74. The first-order chi connectivity index (χ1) is 13.5. The lowest BCUT2D eigenvalue weighted by atomic mass is 10.1. The Morgan fingerprint density at radius 1 is 0.897 bits per heavy atom. The largest absolute Gasteiger partial charge is 0.481 e. The zero-order valence-electron chi connectivity index (χ0n) is 15.4. The summed E-state index contributed by atoms with van der Waals surface area (Å²) in [5.41, 5.74) is 10.3. The Bertz CT molecular complexity index is 1200. The van der Waals surface area contributed by atoms with Crippen molar-refractivity contribution >= 4 is 27.8 Å². The second-order valence-corrected chi connectivity index (χ2v) is 6.99. The summed E-state index contributed by atoms with van der Waals surface area (Å²) in [6.45, 7) is 0. The number of rotatable bonds is 4. The smallest absolute Gasteiger partial charge is 0.212 e. The summed E-state index contributed by atoms with van der Waals surface area (Å²) in [6.07, 6.45) is 4.93. The highest BCUT2D eigenvalue weighted by Crippen LogP contribution is 2.26. The van der Waals surface area contributed by atoms with E-state index in [1.54, 1.807) is 37.8 Å². The van der Waals surface area contributed by atoms with Crippen molar-refractivity contribution in [3.63, 3.8) is 0 Å². The van der Waals surface area contributed by atoms with Crippen molar-refractivity contribution in [2.75, 3.05) is 12.8 Å². The molecule has 0 saturated carbocycles. The minimum Gasteiger partial charge on any atom is -0.481 e. The van der Waals surface area contributed by atoms with E-state index in [2.05, 4.69) is 19.9 Å². The maximum absolute atomic E-state index is 11.6. The van der Waals surface area contributed by atoms with Gasteiger partial charge in [0.25, 0.3) is 0 Å². The topological polar surface area (TPSA) is 161 Å². The molecule has 29 heavy (non-hydrogen) atoms. The number of nitrogens with two attached hydrogens (primary N) is 2. The molecule has 1 unspecified atom stereocenters. The number of nitrogen functional groups attached to an aromatic ring is 1. The third-order valence-electron chi connectivity index (χ3n) is 4.22. The van der Waals surface area contributed by atoms with Gasteiger partial charge in [0.05, 0.1) is 34.9 Å². The fourth-order valence-electron chi connectivity index (χ4n) is 2.76. The second kappa shape index (κ2) is 8.27. The summed E-state index contributed by atoms with van der Waals surface area (Å²) in [5.74, 6) is 0.684. The van der Waals surface area contributed by atoms with Crippen LogP contribution in [0.5, 0.6) is 5.88 Å². The summed E-state index contributed by atoms with van der Waals surface area (Å²) in [5, 5.41) is 5.46. The number of methoxy groups -OCH3 is 1. The van der Waals surface area contributed by atoms with Gasteiger partial charge in [-0.25, -0.2) is 24.3 Å². The lowest BCUT2D eigenvalue weighted by Gasteiger charge is -2.07. The number of hydrogen-bond donors (Lipinski definition) is 2. The van der Waals surface area contributed by atoms with E-state index in [-0.39, 0.29) is 16.2 Å². The van der Waals surface area contributed by atoms with Gasteiger partial charge in [0.2, 0.25) is 5.88 Å². The van der Waals surface area contributed by atoms with E-state index in [1.807, 2.05) is 24.3 Å². The maximum Gasteiger partial charge on any atom is 0.212 e. The zero-order chi connectivity index (χ0) is 19.7. The molecule has 0 aliphatic carbocycles. The van der Waals surface area contributed by atoms with Crippen molar-refractivity contribution in [2.45, 2.75) is 4.90 Å². The second-order valence-electron chi connectivity index (χ2n) is 5.95. The van der Waals surface area contributed by atoms with Crippen molar-refractivity contribution in [1.29, 1.82) is 0 Å². The van der Waals surface area contributed by atoms with E-state index in [0.717, 1.165) is 16.6 Å². The van der Waals surface area contributed by atoms with Gasteiger partial charge in [-0.2, -0.15) is 0 Å². The first kappa shape index (κ1) is 20.3. The normalized spacial score (nSPS) is 11.7. The number of nitrogens with zero attached hydrogens (tertiary/aromatic N) is 4. The molecule has 0 amide bonds. The molecule has 0 fully saturated rings. The van der Waals surface area contributed by atoms with Crippen LogP contribution in [0.15, 0.2) is 59.9 Å². The van der Waals surface area contributed by atoms with Crippen molar-refractivity contribution in [2.24, 2.45) is 5.14 Å². The average molecular weight is 410 g/mol. The predicted molar refractivity (Wildman–Crippen MR) is 111 cm³/mol. The number of benzene rings is 1. The number of fused-ring (bicyclic) bond motifs is 1. The summed E-state index contributed by atoms with van der Waals surface area (Å²) >= 11 is 0. The Labute approximate surface area is 168 Å². The Morgan fingerprint density at radius 3 is 2.34 bits per heavy atom. The molecule has 148 valence electrons. The number of ether oxygens (including phenoxy) is 1. The van der Waals surface area contributed by atoms with Gasteiger partial charge in [-0.3, -0.25) is 4.98 Å². The van der Waals surface area contributed by atoms with E-state index in [1.165, 1.54) is 0 Å². The molecule has 9 nitrogen and oxygen atoms in total. The lowest BCUT2D eigenvalue weighted by Crippen LogP contribution is -2.07. The van der Waals surface area contributed by atoms with Crippen LogP contribution in [-0.2, 0) is 11.0 Å². The van der Waals surface area contributed by atoms with Crippen molar-refractivity contribution in [3.8, 4) is 28.3 Å². The number of pyridine rings is 2. The number of aromatic nitrogens is 4. The molecule has 10 heteroatoms. The van der Waals surface area contributed by atoms with Gasteiger partial charge < -0.3 is 15.9 Å². The monoisotopic (exact) mass is 410 g/mol. The van der Waals surface area contributed by atoms with Crippen molar-refractivity contribution in [1.82, 2.24) is 19.9 Å². The van der Waals surface area contributed by atoms with E-state index in [4.69, 9.17) is 15.6 Å². The molecule has 3 aromatic heterocycles. The van der Waals surface area contributed by atoms with Crippen LogP contribution in [0.3, 0.4) is 0 Å². The molecule has 4 rings (SSSR count). The van der Waals surface area contributed by atoms with Crippen LogP contribution in [0.4, 0.5) is 5.82 Å². The van der Waals surface area contributed by atoms with Crippen LogP contribution in [0.25, 0.3) is 33.4 Å². The molecule has 1 aromatic carbocycles. The van der Waals surface area contributed by atoms with Gasteiger partial charge in [-0.05, 0) is 29.8 Å². The molecule has 0 spiro atoms. The zero-order valence-corrected chi connectivity index (χ0v) is 16.2. The Morgan fingerprint density at radius 2 is 1.66 bits per heavy atom. The summed E-state index contributed by atoms with van der Waals surface area (Å²) in [4.78, 5) is 17.7. The summed E-state index contributed by atoms with van der Waals surface area (Å²) in [6, 6.07) is 11.1. The highest BCUT2D eigenvalue weighted by molar-refractivity contribution is 7.82. The Hall–Kier alpha value is -3.47. The summed E-state index contributed by atoms with van der Waals surface area (Å²) < 4.78 is 16.7. The quantitative estimate of drug-likeness (QED) is 0.515. The molecule has 1 atom stereocenters. The predicted octanol–water partition coefficient (Wildman–Crippen LogP) is 1.50. The number of anilines is 1. The molecular weight excluding hydrogens is 392 g/mol. The molecule has 0 aliphatic heterocycles. The van der Waals surface area contributed by atoms with Gasteiger partial charge in [0, 0.05) is 29.6 Å². The molecule has 6 N–H and O–H groups in total. The third kappa shape index (κ3) is 4.04. The molecule has 4 aromatic rings. The van der Waals surface area contributed by atoms with E-state index >= 15 is 0 Å². The molecule has 0 radical (unpaired) electrons. The first-order valence-corrected chi connectivity index (χ1v) is 9.46. The van der Waals surface area contributed by atoms with E-state index < -0.39 is 11.0 Å². The highest BCUT2D eigenvalue weighted by atomic mass is 32.2. The molecular formula is C19H18N6O3S. The van der Waals surface area contributed by atoms with Crippen LogP contribution in [-0.4, -0.2) is 36.7 Å². The van der Waals surface area contributed by atoms with Crippen LogP contribution in [0.2, 0.25) is 0 Å². The van der Waals surface area contributed by atoms with Gasteiger partial charge in [0.15, 0.2) is 0 Å². The molecule has 3 heterocycles. The van der Waals surface area contributed by atoms with E-state index in [9.17, 15) is 4.21 Å². The van der Waals surface area contributed by atoms with Crippen molar-refractivity contribution in [3.05, 3.63) is 55.0 Å². The fourth-order valence-corrected chi connectivity index (χ4v) is 3.26. The first-order valence-electron chi connectivity index (χ1n) is 8.24. The van der Waals surface area contributed by atoms with Crippen LogP contribution >= 0.6 is 0 Å². The number of hydrogen-bond acceptors (Lipinski definition) is 7. The lowest BCUT2D eigenvalue weighted by molar-refractivity contribution is 0.398.